The lowest BCUT2D eigenvalue weighted by atomic mass is 10.2. The molecule has 1 atom stereocenters. The Morgan fingerprint density at radius 2 is 2.25 bits per heavy atom. The molecule has 6 heteroatoms. The lowest BCUT2D eigenvalue weighted by Crippen LogP contribution is -2.39. The van der Waals surface area contributed by atoms with Crippen LogP contribution in [0.15, 0.2) is 18.2 Å². The zero-order chi connectivity index (χ0) is 11.7. The normalized spacial score (nSPS) is 20.1. The van der Waals surface area contributed by atoms with Crippen LogP contribution in [-0.2, 0) is 4.74 Å². The number of nitrogens with zero attached hydrogens (tertiary/aromatic N) is 1. The molecule has 4 nitrogen and oxygen atoms in total. The number of anilines is 1. The number of carbonyl (C=O) groups is 1. The highest BCUT2D eigenvalue weighted by molar-refractivity contribution is 6.44. The number of cyclic esters (lactones) is 1. The predicted molar refractivity (Wildman–Crippen MR) is 63.1 cm³/mol. The van der Waals surface area contributed by atoms with Crippen LogP contribution in [0.25, 0.3) is 0 Å². The van der Waals surface area contributed by atoms with Gasteiger partial charge in [-0.05, 0) is 12.1 Å². The number of benzene rings is 1. The molecule has 1 aromatic rings. The van der Waals surface area contributed by atoms with Gasteiger partial charge in [-0.1, -0.05) is 29.3 Å². The van der Waals surface area contributed by atoms with Gasteiger partial charge in [0, 0.05) is 6.54 Å². The molecule has 0 spiro atoms. The maximum atomic E-state index is 11.6. The SMILES string of the molecule is NCC1COC(=O)N1c1cccc(Cl)c1Cl. The monoisotopic (exact) mass is 260 g/mol. The molecule has 0 aliphatic carbocycles. The van der Waals surface area contributed by atoms with Crippen molar-refractivity contribution in [3.8, 4) is 0 Å². The van der Waals surface area contributed by atoms with E-state index in [1.54, 1.807) is 18.2 Å². The summed E-state index contributed by atoms with van der Waals surface area (Å²) >= 11 is 11.9. The van der Waals surface area contributed by atoms with Crippen LogP contribution in [0, 0.1) is 0 Å². The lowest BCUT2D eigenvalue weighted by molar-refractivity contribution is 0.179. The molecule has 2 rings (SSSR count). The van der Waals surface area contributed by atoms with E-state index in [1.165, 1.54) is 4.90 Å². The average Bonchev–Trinajstić information content (AvgIpc) is 2.64. The molecule has 86 valence electrons. The molecule has 1 fully saturated rings. The number of nitrogens with two attached hydrogens (primary N) is 1. The van der Waals surface area contributed by atoms with Gasteiger partial charge in [0.2, 0.25) is 0 Å². The number of amides is 1. The molecule has 0 radical (unpaired) electrons. The van der Waals surface area contributed by atoms with Crippen molar-refractivity contribution in [3.05, 3.63) is 28.2 Å². The molecule has 0 saturated carbocycles. The van der Waals surface area contributed by atoms with Gasteiger partial charge < -0.3 is 10.5 Å². The summed E-state index contributed by atoms with van der Waals surface area (Å²) in [6, 6.07) is 4.90. The number of halogens is 2. The summed E-state index contributed by atoms with van der Waals surface area (Å²) in [5, 5.41) is 0.733. The average molecular weight is 261 g/mol. The fraction of sp³-hybridized carbons (Fsp3) is 0.300. The highest BCUT2D eigenvalue weighted by Gasteiger charge is 2.34. The Balaban J connectivity index is 2.42. The molecular formula is C10H10Cl2N2O2. The number of ether oxygens (including phenoxy) is 1. The zero-order valence-corrected chi connectivity index (χ0v) is 9.83. The third-order valence-corrected chi connectivity index (χ3v) is 3.23. The van der Waals surface area contributed by atoms with Gasteiger partial charge in [0.25, 0.3) is 0 Å². The Morgan fingerprint density at radius 3 is 2.94 bits per heavy atom. The van der Waals surface area contributed by atoms with Gasteiger partial charge in [-0.25, -0.2) is 4.79 Å². The molecule has 1 saturated heterocycles. The molecule has 1 aliphatic rings. The van der Waals surface area contributed by atoms with E-state index in [2.05, 4.69) is 0 Å². The molecule has 2 N–H and O–H groups in total. The first-order chi connectivity index (χ1) is 7.65. The first kappa shape index (κ1) is 11.5. The first-order valence-corrected chi connectivity index (χ1v) is 5.50. The van der Waals surface area contributed by atoms with Crippen LogP contribution < -0.4 is 10.6 Å². The minimum absolute atomic E-state index is 0.191. The van der Waals surface area contributed by atoms with Crippen LogP contribution >= 0.6 is 23.2 Å². The predicted octanol–water partition coefficient (Wildman–Crippen LogP) is 2.28. The van der Waals surface area contributed by atoms with E-state index < -0.39 is 6.09 Å². The standard InChI is InChI=1S/C10H10Cl2N2O2/c11-7-2-1-3-8(9(7)12)14-6(4-13)5-16-10(14)15/h1-3,6H,4-5,13H2. The number of carbonyl (C=O) groups excluding carboxylic acids is 1. The summed E-state index contributed by atoms with van der Waals surface area (Å²) in [5.74, 6) is 0. The van der Waals surface area contributed by atoms with Crippen molar-refractivity contribution in [2.45, 2.75) is 6.04 Å². The van der Waals surface area contributed by atoms with Gasteiger partial charge in [0.05, 0.1) is 21.8 Å². The minimum atomic E-state index is -0.445. The van der Waals surface area contributed by atoms with Crippen LogP contribution in [0.4, 0.5) is 10.5 Å². The highest BCUT2D eigenvalue weighted by atomic mass is 35.5. The molecule has 1 heterocycles. The van der Waals surface area contributed by atoms with Crippen molar-refractivity contribution in [1.82, 2.24) is 0 Å². The van der Waals surface area contributed by atoms with Crippen LogP contribution in [0.5, 0.6) is 0 Å². The first-order valence-electron chi connectivity index (χ1n) is 4.75. The van der Waals surface area contributed by atoms with Crippen molar-refractivity contribution < 1.29 is 9.53 Å². The van der Waals surface area contributed by atoms with Crippen LogP contribution in [0.2, 0.25) is 10.0 Å². The molecular weight excluding hydrogens is 251 g/mol. The third-order valence-electron chi connectivity index (χ3n) is 2.42. The summed E-state index contributed by atoms with van der Waals surface area (Å²) in [4.78, 5) is 13.0. The molecule has 1 unspecified atom stereocenters. The Bertz CT molecular complexity index is 425. The van der Waals surface area contributed by atoms with Gasteiger partial charge in [-0.3, -0.25) is 4.90 Å². The van der Waals surface area contributed by atoms with Gasteiger partial charge >= 0.3 is 6.09 Å². The van der Waals surface area contributed by atoms with E-state index in [0.29, 0.717) is 22.3 Å². The zero-order valence-electron chi connectivity index (χ0n) is 8.32. The molecule has 0 aromatic heterocycles. The van der Waals surface area contributed by atoms with Crippen LogP contribution in [0.3, 0.4) is 0 Å². The fourth-order valence-electron chi connectivity index (χ4n) is 1.61. The summed E-state index contributed by atoms with van der Waals surface area (Å²) in [6.45, 7) is 0.590. The number of rotatable bonds is 2. The third kappa shape index (κ3) is 1.84. The summed E-state index contributed by atoms with van der Waals surface area (Å²) in [6.07, 6.45) is -0.445. The minimum Gasteiger partial charge on any atom is -0.447 e. The maximum absolute atomic E-state index is 11.6. The van der Waals surface area contributed by atoms with Gasteiger partial charge in [-0.2, -0.15) is 0 Å². The van der Waals surface area contributed by atoms with Crippen molar-refractivity contribution in [3.63, 3.8) is 0 Å². The van der Waals surface area contributed by atoms with Crippen molar-refractivity contribution >= 4 is 35.0 Å². The highest BCUT2D eigenvalue weighted by Crippen LogP contribution is 2.35. The maximum Gasteiger partial charge on any atom is 0.414 e. The Morgan fingerprint density at radius 1 is 1.50 bits per heavy atom. The fourth-order valence-corrected chi connectivity index (χ4v) is 1.99. The van der Waals surface area contributed by atoms with Crippen LogP contribution in [0.1, 0.15) is 0 Å². The second-order valence-electron chi connectivity index (χ2n) is 3.41. The summed E-state index contributed by atoms with van der Waals surface area (Å²) in [7, 11) is 0. The molecule has 1 aliphatic heterocycles. The summed E-state index contributed by atoms with van der Waals surface area (Å²) in [5.41, 5.74) is 6.10. The lowest BCUT2D eigenvalue weighted by Gasteiger charge is -2.21. The molecule has 1 aromatic carbocycles. The van der Waals surface area contributed by atoms with Crippen molar-refractivity contribution in [1.29, 1.82) is 0 Å². The van der Waals surface area contributed by atoms with Gasteiger partial charge in [0.1, 0.15) is 6.61 Å². The van der Waals surface area contributed by atoms with E-state index in [9.17, 15) is 4.79 Å². The Labute approximate surface area is 103 Å². The number of hydrogen-bond acceptors (Lipinski definition) is 3. The summed E-state index contributed by atoms with van der Waals surface area (Å²) < 4.78 is 4.92. The van der Waals surface area contributed by atoms with E-state index in [0.717, 1.165) is 0 Å². The molecule has 16 heavy (non-hydrogen) atoms. The second kappa shape index (κ2) is 4.49. The Kier molecular flexibility index (Phi) is 3.23. The van der Waals surface area contributed by atoms with Gasteiger partial charge in [0.15, 0.2) is 0 Å². The van der Waals surface area contributed by atoms with Crippen molar-refractivity contribution in [2.75, 3.05) is 18.1 Å². The van der Waals surface area contributed by atoms with Crippen LogP contribution in [-0.4, -0.2) is 25.3 Å². The van der Waals surface area contributed by atoms with E-state index >= 15 is 0 Å². The van der Waals surface area contributed by atoms with E-state index in [4.69, 9.17) is 33.7 Å². The largest absolute Gasteiger partial charge is 0.447 e. The van der Waals surface area contributed by atoms with E-state index in [1.807, 2.05) is 0 Å². The van der Waals surface area contributed by atoms with Gasteiger partial charge in [-0.15, -0.1) is 0 Å². The van der Waals surface area contributed by atoms with Crippen molar-refractivity contribution in [2.24, 2.45) is 5.73 Å². The second-order valence-corrected chi connectivity index (χ2v) is 4.19. The molecule has 1 amide bonds. The number of hydrogen-bond donors (Lipinski definition) is 1. The smallest absolute Gasteiger partial charge is 0.414 e. The topological polar surface area (TPSA) is 55.6 Å². The molecule has 0 bridgehead atoms. The quantitative estimate of drug-likeness (QED) is 0.888. The van der Waals surface area contributed by atoms with E-state index in [-0.39, 0.29) is 12.6 Å². The Hall–Kier alpha value is -0.970.